The van der Waals surface area contributed by atoms with Crippen molar-refractivity contribution in [2.45, 2.75) is 64.6 Å². The summed E-state index contributed by atoms with van der Waals surface area (Å²) in [6.45, 7) is 8.50. The molecule has 2 aromatic rings. The number of hydrogen-bond donors (Lipinski definition) is 0. The van der Waals surface area contributed by atoms with Gasteiger partial charge in [0.25, 0.3) is 0 Å². The molecule has 0 unspecified atom stereocenters. The number of rotatable bonds is 8. The molecule has 1 aromatic carbocycles. The van der Waals surface area contributed by atoms with Gasteiger partial charge in [-0.1, -0.05) is 25.1 Å². The first-order valence-electron chi connectivity index (χ1n) is 10.5. The molecule has 26 heavy (non-hydrogen) atoms. The van der Waals surface area contributed by atoms with Crippen molar-refractivity contribution < 1.29 is 4.74 Å². The van der Waals surface area contributed by atoms with Crippen molar-refractivity contribution in [1.82, 2.24) is 14.7 Å². The number of hydrogen-bond acceptors (Lipinski definition) is 3. The van der Waals surface area contributed by atoms with E-state index in [-0.39, 0.29) is 0 Å². The molecule has 0 amide bonds. The Morgan fingerprint density at radius 2 is 1.92 bits per heavy atom. The van der Waals surface area contributed by atoms with E-state index in [0.29, 0.717) is 5.92 Å². The Balaban J connectivity index is 1.33. The second-order valence-electron chi connectivity index (χ2n) is 8.40. The number of para-hydroxylation sites is 1. The van der Waals surface area contributed by atoms with Crippen LogP contribution in [0.2, 0.25) is 0 Å². The van der Waals surface area contributed by atoms with Crippen LogP contribution in [0.1, 0.15) is 46.0 Å². The Bertz CT molecular complexity index is 698. The Kier molecular flexibility index (Phi) is 5.60. The van der Waals surface area contributed by atoms with Gasteiger partial charge in [-0.2, -0.15) is 5.10 Å². The fourth-order valence-electron chi connectivity index (χ4n) is 5.20. The molecule has 4 rings (SSSR count). The molecular formula is C22H33N3O. The molecular weight excluding hydrogens is 322 g/mol. The standard InChI is InChI=1S/C22H33N3O/c1-3-26-11-10-18-12-20-8-9-21(13-18)24(20)15-17(2)16-25-22-7-5-4-6-19(22)14-23-25/h4-7,14,17-18,20-21H,3,8-13,15-16H2,1-2H3/t17-,18-,20+,21-/m1/s1. The van der Waals surface area contributed by atoms with E-state index in [9.17, 15) is 0 Å². The van der Waals surface area contributed by atoms with Gasteiger partial charge in [-0.25, -0.2) is 0 Å². The van der Waals surface area contributed by atoms with Crippen molar-refractivity contribution in [1.29, 1.82) is 0 Å². The summed E-state index contributed by atoms with van der Waals surface area (Å²) in [5.41, 5.74) is 1.26. The molecule has 0 N–H and O–H groups in total. The number of ether oxygens (including phenoxy) is 1. The van der Waals surface area contributed by atoms with Crippen molar-refractivity contribution in [2.24, 2.45) is 11.8 Å². The van der Waals surface area contributed by atoms with Crippen LogP contribution in [0.5, 0.6) is 0 Å². The van der Waals surface area contributed by atoms with Gasteiger partial charge in [0.2, 0.25) is 0 Å². The predicted octanol–water partition coefficient (Wildman–Crippen LogP) is 4.34. The highest BCUT2D eigenvalue weighted by Crippen LogP contribution is 2.40. The van der Waals surface area contributed by atoms with Crippen LogP contribution in [0.4, 0.5) is 0 Å². The van der Waals surface area contributed by atoms with Crippen LogP contribution in [0.25, 0.3) is 10.9 Å². The van der Waals surface area contributed by atoms with E-state index in [0.717, 1.165) is 37.8 Å². The van der Waals surface area contributed by atoms with Crippen LogP contribution in [0.15, 0.2) is 30.5 Å². The fourth-order valence-corrected chi connectivity index (χ4v) is 5.20. The van der Waals surface area contributed by atoms with Gasteiger partial charge in [0.1, 0.15) is 0 Å². The van der Waals surface area contributed by atoms with Crippen LogP contribution >= 0.6 is 0 Å². The summed E-state index contributed by atoms with van der Waals surface area (Å²) in [6, 6.07) is 10.1. The fraction of sp³-hybridized carbons (Fsp3) is 0.682. The minimum atomic E-state index is 0.626. The average molecular weight is 356 g/mol. The molecule has 4 nitrogen and oxygen atoms in total. The van der Waals surface area contributed by atoms with Crippen molar-refractivity contribution in [3.8, 4) is 0 Å². The lowest BCUT2D eigenvalue weighted by Crippen LogP contribution is -2.45. The lowest BCUT2D eigenvalue weighted by atomic mass is 9.88. The molecule has 1 aromatic heterocycles. The minimum Gasteiger partial charge on any atom is -0.382 e. The summed E-state index contributed by atoms with van der Waals surface area (Å²) in [6.07, 6.45) is 8.79. The van der Waals surface area contributed by atoms with E-state index in [1.165, 1.54) is 49.6 Å². The summed E-state index contributed by atoms with van der Waals surface area (Å²) >= 11 is 0. The van der Waals surface area contributed by atoms with Crippen LogP contribution in [-0.4, -0.2) is 46.5 Å². The lowest BCUT2D eigenvalue weighted by molar-refractivity contribution is 0.0635. The van der Waals surface area contributed by atoms with Crippen molar-refractivity contribution in [3.63, 3.8) is 0 Å². The van der Waals surface area contributed by atoms with Crippen molar-refractivity contribution in [2.75, 3.05) is 19.8 Å². The topological polar surface area (TPSA) is 30.3 Å². The first kappa shape index (κ1) is 18.0. The van der Waals surface area contributed by atoms with Crippen LogP contribution in [-0.2, 0) is 11.3 Å². The van der Waals surface area contributed by atoms with Gasteiger partial charge in [0, 0.05) is 43.8 Å². The van der Waals surface area contributed by atoms with Crippen LogP contribution in [0.3, 0.4) is 0 Å². The monoisotopic (exact) mass is 355 g/mol. The highest BCUT2D eigenvalue weighted by Gasteiger charge is 2.40. The van der Waals surface area contributed by atoms with Gasteiger partial charge >= 0.3 is 0 Å². The first-order chi connectivity index (χ1) is 12.7. The highest BCUT2D eigenvalue weighted by atomic mass is 16.5. The SMILES string of the molecule is CCOCC[C@H]1C[C@H]2CC[C@@H](C1)N2C[C@@H](C)Cn1ncc2ccccc21. The number of fused-ring (bicyclic) bond motifs is 3. The Morgan fingerprint density at radius 1 is 1.15 bits per heavy atom. The smallest absolute Gasteiger partial charge is 0.0682 e. The molecule has 0 saturated carbocycles. The normalized spacial score (nSPS) is 27.2. The summed E-state index contributed by atoms with van der Waals surface area (Å²) in [5, 5.41) is 5.87. The molecule has 0 radical (unpaired) electrons. The van der Waals surface area contributed by atoms with E-state index in [1.54, 1.807) is 0 Å². The number of piperidine rings is 1. The zero-order valence-electron chi connectivity index (χ0n) is 16.3. The molecule has 2 fully saturated rings. The van der Waals surface area contributed by atoms with Gasteiger partial charge in [0.15, 0.2) is 0 Å². The number of aromatic nitrogens is 2. The molecule has 4 atom stereocenters. The lowest BCUT2D eigenvalue weighted by Gasteiger charge is -2.40. The Hall–Kier alpha value is -1.39. The quantitative estimate of drug-likeness (QED) is 0.660. The summed E-state index contributed by atoms with van der Waals surface area (Å²) in [7, 11) is 0. The maximum Gasteiger partial charge on any atom is 0.0682 e. The van der Waals surface area contributed by atoms with Gasteiger partial charge in [-0.05, 0) is 56.9 Å². The summed E-state index contributed by atoms with van der Waals surface area (Å²) in [5.74, 6) is 1.50. The van der Waals surface area contributed by atoms with E-state index in [2.05, 4.69) is 52.8 Å². The van der Waals surface area contributed by atoms with Gasteiger partial charge in [0.05, 0.1) is 11.7 Å². The molecule has 2 saturated heterocycles. The molecule has 142 valence electrons. The Labute approximate surface area is 157 Å². The highest BCUT2D eigenvalue weighted by molar-refractivity contribution is 5.78. The van der Waals surface area contributed by atoms with Crippen LogP contribution < -0.4 is 0 Å². The molecule has 2 aliphatic heterocycles. The maximum atomic E-state index is 5.59. The van der Waals surface area contributed by atoms with E-state index >= 15 is 0 Å². The Morgan fingerprint density at radius 3 is 2.69 bits per heavy atom. The van der Waals surface area contributed by atoms with E-state index in [1.807, 2.05) is 6.20 Å². The number of benzene rings is 1. The predicted molar refractivity (Wildman–Crippen MR) is 106 cm³/mol. The maximum absolute atomic E-state index is 5.59. The average Bonchev–Trinajstić information content (AvgIpc) is 3.13. The molecule has 4 heteroatoms. The largest absolute Gasteiger partial charge is 0.382 e. The second-order valence-corrected chi connectivity index (χ2v) is 8.40. The number of nitrogens with zero attached hydrogens (tertiary/aromatic N) is 3. The third kappa shape index (κ3) is 3.81. The molecule has 0 spiro atoms. The van der Waals surface area contributed by atoms with E-state index in [4.69, 9.17) is 4.74 Å². The van der Waals surface area contributed by atoms with Crippen molar-refractivity contribution in [3.05, 3.63) is 30.5 Å². The van der Waals surface area contributed by atoms with E-state index < -0.39 is 0 Å². The van der Waals surface area contributed by atoms with Gasteiger partial charge < -0.3 is 4.74 Å². The van der Waals surface area contributed by atoms with Crippen molar-refractivity contribution >= 4 is 10.9 Å². The first-order valence-corrected chi connectivity index (χ1v) is 10.5. The second kappa shape index (κ2) is 8.10. The van der Waals surface area contributed by atoms with Gasteiger partial charge in [-0.15, -0.1) is 0 Å². The third-order valence-corrected chi connectivity index (χ3v) is 6.41. The molecule has 2 bridgehead atoms. The molecule has 2 aliphatic rings. The minimum absolute atomic E-state index is 0.626. The summed E-state index contributed by atoms with van der Waals surface area (Å²) in [4.78, 5) is 2.83. The molecule has 0 aliphatic carbocycles. The third-order valence-electron chi connectivity index (χ3n) is 6.41. The summed E-state index contributed by atoms with van der Waals surface area (Å²) < 4.78 is 7.78. The zero-order valence-corrected chi connectivity index (χ0v) is 16.3. The molecule has 3 heterocycles. The van der Waals surface area contributed by atoms with Crippen LogP contribution in [0, 0.1) is 11.8 Å². The van der Waals surface area contributed by atoms with Gasteiger partial charge in [-0.3, -0.25) is 9.58 Å². The zero-order chi connectivity index (χ0) is 17.9.